The minimum absolute atomic E-state index is 0.0549. The summed E-state index contributed by atoms with van der Waals surface area (Å²) in [7, 11) is 1.33. The Morgan fingerprint density at radius 1 is 1.08 bits per heavy atom. The summed E-state index contributed by atoms with van der Waals surface area (Å²) in [6, 6.07) is 20.4. The standard InChI is InChI=1S/C29H24N6O4/c1-39-29(38)20-7-9-22-23(14-20)33-28(37)26(22)27(18-5-3-2-4-6-18)32-21-8-10-24-19(13-21)11-12-35(24)25(36)15-34-17-30-16-31-34/h2-10,13-14,16-17,33,37H,11-12,15H2,1H3. The van der Waals surface area contributed by atoms with E-state index < -0.39 is 5.97 Å². The Bertz CT molecular complexity index is 1720. The molecule has 0 radical (unpaired) electrons. The Morgan fingerprint density at radius 2 is 1.92 bits per heavy atom. The largest absolute Gasteiger partial charge is 0.494 e. The van der Waals surface area contributed by atoms with Gasteiger partial charge in [-0.25, -0.2) is 19.5 Å². The number of aromatic hydroxyl groups is 1. The van der Waals surface area contributed by atoms with Crippen molar-refractivity contribution in [2.45, 2.75) is 13.0 Å². The monoisotopic (exact) mass is 520 g/mol. The highest BCUT2D eigenvalue weighted by Gasteiger charge is 2.26. The number of esters is 1. The summed E-state index contributed by atoms with van der Waals surface area (Å²) in [4.78, 5) is 38.5. The number of ether oxygens (including phenoxy) is 1. The first kappa shape index (κ1) is 24.1. The minimum Gasteiger partial charge on any atom is -0.494 e. The highest BCUT2D eigenvalue weighted by atomic mass is 16.5. The molecule has 0 unspecified atom stereocenters. The van der Waals surface area contributed by atoms with Crippen molar-refractivity contribution in [2.24, 2.45) is 4.99 Å². The van der Waals surface area contributed by atoms with Crippen LogP contribution < -0.4 is 4.90 Å². The minimum atomic E-state index is -0.462. The molecule has 0 aliphatic carbocycles. The Labute approximate surface area is 223 Å². The Kier molecular flexibility index (Phi) is 6.12. The van der Waals surface area contributed by atoms with Crippen LogP contribution in [-0.4, -0.2) is 56.1 Å². The lowest BCUT2D eigenvalue weighted by atomic mass is 10.00. The van der Waals surface area contributed by atoms with Gasteiger partial charge in [-0.15, -0.1) is 0 Å². The van der Waals surface area contributed by atoms with Crippen molar-refractivity contribution >= 4 is 39.9 Å². The maximum atomic E-state index is 12.9. The average molecular weight is 521 g/mol. The number of hydrogen-bond donors (Lipinski definition) is 2. The maximum absolute atomic E-state index is 12.9. The van der Waals surface area contributed by atoms with Crippen molar-refractivity contribution in [3.05, 3.63) is 102 Å². The van der Waals surface area contributed by atoms with Crippen LogP contribution in [0.2, 0.25) is 0 Å². The molecule has 0 fully saturated rings. The van der Waals surface area contributed by atoms with Gasteiger partial charge < -0.3 is 19.7 Å². The molecule has 6 rings (SSSR count). The number of carbonyl (C=O) groups excluding carboxylic acids is 2. The van der Waals surface area contributed by atoms with E-state index in [4.69, 9.17) is 9.73 Å². The molecule has 2 aromatic heterocycles. The molecular formula is C29H24N6O4. The van der Waals surface area contributed by atoms with Crippen LogP contribution in [0.5, 0.6) is 5.88 Å². The second-order valence-electron chi connectivity index (χ2n) is 9.13. The van der Waals surface area contributed by atoms with Gasteiger partial charge in [0.05, 0.1) is 29.6 Å². The van der Waals surface area contributed by atoms with E-state index in [2.05, 4.69) is 15.1 Å². The first-order valence-electron chi connectivity index (χ1n) is 12.3. The van der Waals surface area contributed by atoms with Crippen LogP contribution in [0, 0.1) is 0 Å². The van der Waals surface area contributed by atoms with Gasteiger partial charge in [0.25, 0.3) is 0 Å². The van der Waals surface area contributed by atoms with Crippen molar-refractivity contribution in [3.63, 3.8) is 0 Å². The third kappa shape index (κ3) is 4.52. The molecule has 1 amide bonds. The summed E-state index contributed by atoms with van der Waals surface area (Å²) >= 11 is 0. The van der Waals surface area contributed by atoms with Gasteiger partial charge in [0.1, 0.15) is 19.2 Å². The Morgan fingerprint density at radius 3 is 2.69 bits per heavy atom. The fourth-order valence-electron chi connectivity index (χ4n) is 4.91. The molecule has 0 spiro atoms. The zero-order valence-electron chi connectivity index (χ0n) is 21.0. The molecule has 1 aliphatic heterocycles. The molecule has 0 saturated heterocycles. The number of carbonyl (C=O) groups is 2. The lowest BCUT2D eigenvalue weighted by Gasteiger charge is -2.17. The van der Waals surface area contributed by atoms with Crippen LogP contribution in [0.4, 0.5) is 11.4 Å². The molecular weight excluding hydrogens is 496 g/mol. The summed E-state index contributed by atoms with van der Waals surface area (Å²) in [6.45, 7) is 0.697. The van der Waals surface area contributed by atoms with Gasteiger partial charge in [-0.3, -0.25) is 4.79 Å². The highest BCUT2D eigenvalue weighted by molar-refractivity contribution is 6.22. The molecule has 10 nitrogen and oxygen atoms in total. The molecule has 0 bridgehead atoms. The zero-order valence-corrected chi connectivity index (χ0v) is 21.0. The maximum Gasteiger partial charge on any atom is 0.337 e. The van der Waals surface area contributed by atoms with Gasteiger partial charge in [0, 0.05) is 28.7 Å². The summed E-state index contributed by atoms with van der Waals surface area (Å²) in [6.07, 6.45) is 3.63. The SMILES string of the molecule is COC(=O)c1ccc2c(C(=Nc3ccc4c(c3)CCN4C(=O)Cn3cncn3)c3ccccc3)c(O)[nH]c2c1. The van der Waals surface area contributed by atoms with Crippen LogP contribution in [0.3, 0.4) is 0 Å². The lowest BCUT2D eigenvalue weighted by Crippen LogP contribution is -2.32. The van der Waals surface area contributed by atoms with E-state index in [0.29, 0.717) is 46.4 Å². The predicted octanol–water partition coefficient (Wildman–Crippen LogP) is 4.01. The van der Waals surface area contributed by atoms with E-state index in [9.17, 15) is 14.7 Å². The van der Waals surface area contributed by atoms with Gasteiger partial charge in [-0.05, 0) is 42.3 Å². The molecule has 39 heavy (non-hydrogen) atoms. The Balaban J connectivity index is 1.40. The number of rotatable bonds is 6. The number of H-pyrrole nitrogens is 1. The van der Waals surface area contributed by atoms with Crippen molar-refractivity contribution in [1.29, 1.82) is 0 Å². The molecule has 0 atom stereocenters. The molecule has 2 N–H and O–H groups in total. The van der Waals surface area contributed by atoms with Crippen molar-refractivity contribution < 1.29 is 19.4 Å². The second kappa shape index (κ2) is 9.90. The van der Waals surface area contributed by atoms with E-state index in [1.165, 1.54) is 24.4 Å². The van der Waals surface area contributed by atoms with Gasteiger partial charge in [-0.1, -0.05) is 36.4 Å². The van der Waals surface area contributed by atoms with E-state index in [-0.39, 0.29) is 18.3 Å². The summed E-state index contributed by atoms with van der Waals surface area (Å²) < 4.78 is 6.34. The molecule has 5 aromatic rings. The van der Waals surface area contributed by atoms with Crippen molar-refractivity contribution in [3.8, 4) is 5.88 Å². The summed E-state index contributed by atoms with van der Waals surface area (Å²) in [5.41, 5.74) is 5.43. The quantitative estimate of drug-likeness (QED) is 0.257. The number of benzene rings is 3. The average Bonchev–Trinajstić information content (AvgIpc) is 3.69. The smallest absolute Gasteiger partial charge is 0.337 e. The van der Waals surface area contributed by atoms with Crippen molar-refractivity contribution in [2.75, 3.05) is 18.6 Å². The van der Waals surface area contributed by atoms with E-state index in [0.717, 1.165) is 16.8 Å². The molecule has 0 saturated carbocycles. The highest BCUT2D eigenvalue weighted by Crippen LogP contribution is 2.35. The molecule has 10 heteroatoms. The summed E-state index contributed by atoms with van der Waals surface area (Å²) in [5, 5.41) is 15.7. The zero-order chi connectivity index (χ0) is 26.9. The number of nitrogens with zero attached hydrogens (tertiary/aromatic N) is 5. The van der Waals surface area contributed by atoms with E-state index in [1.807, 2.05) is 48.5 Å². The van der Waals surface area contributed by atoms with Crippen LogP contribution in [-0.2, 0) is 22.5 Å². The molecule has 3 heterocycles. The second-order valence-corrected chi connectivity index (χ2v) is 9.13. The number of fused-ring (bicyclic) bond motifs is 2. The third-order valence-corrected chi connectivity index (χ3v) is 6.75. The number of aromatic nitrogens is 4. The number of methoxy groups -OCH3 is 1. The molecule has 3 aromatic carbocycles. The van der Waals surface area contributed by atoms with Gasteiger partial charge >= 0.3 is 5.97 Å². The number of amides is 1. The number of nitrogens with one attached hydrogen (secondary N) is 1. The number of aromatic amines is 1. The van der Waals surface area contributed by atoms with Crippen LogP contribution in [0.1, 0.15) is 27.0 Å². The van der Waals surface area contributed by atoms with Crippen molar-refractivity contribution in [1.82, 2.24) is 19.7 Å². The number of hydrogen-bond acceptors (Lipinski definition) is 7. The van der Waals surface area contributed by atoms with Crippen LogP contribution in [0.15, 0.2) is 84.4 Å². The van der Waals surface area contributed by atoms with E-state index >= 15 is 0 Å². The summed E-state index contributed by atoms with van der Waals surface area (Å²) in [5.74, 6) is -0.576. The lowest BCUT2D eigenvalue weighted by molar-refractivity contribution is -0.119. The topological polar surface area (TPSA) is 126 Å². The number of anilines is 1. The molecule has 194 valence electrons. The first-order valence-corrected chi connectivity index (χ1v) is 12.3. The first-order chi connectivity index (χ1) is 19.0. The van der Waals surface area contributed by atoms with Crippen LogP contribution in [0.25, 0.3) is 10.9 Å². The van der Waals surface area contributed by atoms with Crippen LogP contribution >= 0.6 is 0 Å². The Hall–Kier alpha value is -5.25. The predicted molar refractivity (Wildman–Crippen MR) is 146 cm³/mol. The fraction of sp³-hybridized carbons (Fsp3) is 0.138. The van der Waals surface area contributed by atoms with Gasteiger partial charge in [0.15, 0.2) is 5.88 Å². The third-order valence-electron chi connectivity index (χ3n) is 6.75. The molecule has 1 aliphatic rings. The van der Waals surface area contributed by atoms with E-state index in [1.54, 1.807) is 23.1 Å². The normalized spacial score (nSPS) is 13.1. The van der Waals surface area contributed by atoms with Gasteiger partial charge in [0.2, 0.25) is 5.91 Å². The fourth-order valence-corrected chi connectivity index (χ4v) is 4.91. The van der Waals surface area contributed by atoms with Gasteiger partial charge in [-0.2, -0.15) is 5.10 Å². The number of aliphatic imine (C=N–C) groups is 1.